The van der Waals surface area contributed by atoms with Crippen LogP contribution in [0.2, 0.25) is 0 Å². The number of hydrogen-bond acceptors (Lipinski definition) is 0. The quantitative estimate of drug-likeness (QED) is 0.487. The summed E-state index contributed by atoms with van der Waals surface area (Å²) in [6, 6.07) is 0. The highest BCUT2D eigenvalue weighted by atomic mass is 14.5. The summed E-state index contributed by atoms with van der Waals surface area (Å²) in [4.78, 5) is 0. The third-order valence-corrected chi connectivity index (χ3v) is 8.47. The molecule has 7 atom stereocenters. The summed E-state index contributed by atoms with van der Waals surface area (Å²) in [5, 5.41) is 0. The van der Waals surface area contributed by atoms with Gasteiger partial charge in [0.2, 0.25) is 0 Å². The number of unbranched alkanes of at least 4 members (excludes halogenated alkanes) is 1. The van der Waals surface area contributed by atoms with Crippen LogP contribution in [0.15, 0.2) is 0 Å². The summed E-state index contributed by atoms with van der Waals surface area (Å²) in [5.41, 5.74) is 0.611. The minimum absolute atomic E-state index is 0.611. The van der Waals surface area contributed by atoms with Gasteiger partial charge in [0.1, 0.15) is 0 Å². The molecule has 2 aliphatic carbocycles. The van der Waals surface area contributed by atoms with E-state index in [1.807, 2.05) is 0 Å². The van der Waals surface area contributed by atoms with Crippen LogP contribution >= 0.6 is 0 Å². The molecule has 0 aromatic rings. The van der Waals surface area contributed by atoms with Gasteiger partial charge in [0.25, 0.3) is 0 Å². The van der Waals surface area contributed by atoms with Crippen molar-refractivity contribution < 1.29 is 0 Å². The van der Waals surface area contributed by atoms with E-state index in [2.05, 4.69) is 41.5 Å². The van der Waals surface area contributed by atoms with Gasteiger partial charge in [-0.2, -0.15) is 0 Å². The van der Waals surface area contributed by atoms with Crippen LogP contribution in [0.5, 0.6) is 0 Å². The largest absolute Gasteiger partial charge is 0.0654 e. The lowest BCUT2D eigenvalue weighted by atomic mass is 9.61. The molecule has 24 heavy (non-hydrogen) atoms. The monoisotopic (exact) mass is 334 g/mol. The Morgan fingerprint density at radius 2 is 1.42 bits per heavy atom. The SMILES string of the molecule is CCCC[C@@]1(C)CC(CC)CCC2C(C)CC[C@H](C)[C@@H](C)CCC21. The van der Waals surface area contributed by atoms with E-state index in [4.69, 9.17) is 0 Å². The first-order valence-electron chi connectivity index (χ1n) is 11.4. The van der Waals surface area contributed by atoms with Gasteiger partial charge in [-0.15, -0.1) is 0 Å². The molecule has 142 valence electrons. The summed E-state index contributed by atoms with van der Waals surface area (Å²) in [5.74, 6) is 5.78. The maximum Gasteiger partial charge on any atom is -0.0292 e. The van der Waals surface area contributed by atoms with Crippen LogP contribution in [0.4, 0.5) is 0 Å². The van der Waals surface area contributed by atoms with Crippen LogP contribution in [0, 0.1) is 40.9 Å². The van der Waals surface area contributed by atoms with E-state index in [-0.39, 0.29) is 0 Å². The second-order valence-electron chi connectivity index (χ2n) is 10.2. The van der Waals surface area contributed by atoms with Crippen LogP contribution < -0.4 is 0 Å². The van der Waals surface area contributed by atoms with Gasteiger partial charge < -0.3 is 0 Å². The second-order valence-corrected chi connectivity index (χ2v) is 10.2. The first-order valence-corrected chi connectivity index (χ1v) is 11.4. The average molecular weight is 335 g/mol. The van der Waals surface area contributed by atoms with Gasteiger partial charge in [-0.25, -0.2) is 0 Å². The molecular formula is C24H46. The fraction of sp³-hybridized carbons (Fsp3) is 1.00. The van der Waals surface area contributed by atoms with Gasteiger partial charge in [0.05, 0.1) is 0 Å². The lowest BCUT2D eigenvalue weighted by Crippen LogP contribution is -2.35. The summed E-state index contributed by atoms with van der Waals surface area (Å²) in [6.45, 7) is 15.2. The first-order chi connectivity index (χ1) is 11.4. The van der Waals surface area contributed by atoms with Crippen molar-refractivity contribution in [2.24, 2.45) is 40.9 Å². The van der Waals surface area contributed by atoms with Crippen molar-refractivity contribution in [2.45, 2.75) is 112 Å². The molecule has 0 aromatic carbocycles. The van der Waals surface area contributed by atoms with E-state index in [0.717, 1.165) is 35.5 Å². The first kappa shape index (κ1) is 20.3. The Labute approximate surface area is 153 Å². The van der Waals surface area contributed by atoms with Gasteiger partial charge in [-0.05, 0) is 66.6 Å². The molecule has 2 saturated carbocycles. The Bertz CT molecular complexity index is 359. The molecule has 0 heteroatoms. The normalized spacial score (nSPS) is 44.8. The predicted molar refractivity (Wildman–Crippen MR) is 108 cm³/mol. The molecule has 0 bridgehead atoms. The van der Waals surface area contributed by atoms with E-state index >= 15 is 0 Å². The van der Waals surface area contributed by atoms with Crippen molar-refractivity contribution in [1.82, 2.24) is 0 Å². The van der Waals surface area contributed by atoms with Crippen LogP contribution in [-0.4, -0.2) is 0 Å². The van der Waals surface area contributed by atoms with Crippen molar-refractivity contribution in [2.75, 3.05) is 0 Å². The standard InChI is InChI=1S/C24H46/c1-7-9-16-24(6)17-21(8-2)13-14-22-20(5)11-10-18(3)19(4)12-15-23(22)24/h18-23H,7-17H2,1-6H3/t18-,19-,20?,21?,22?,23?,24-/m0/s1. The topological polar surface area (TPSA) is 0 Å². The van der Waals surface area contributed by atoms with Crippen LogP contribution in [-0.2, 0) is 0 Å². The van der Waals surface area contributed by atoms with Gasteiger partial charge in [0, 0.05) is 0 Å². The zero-order valence-corrected chi connectivity index (χ0v) is 17.7. The number of fused-ring (bicyclic) bond motifs is 1. The highest BCUT2D eigenvalue weighted by Gasteiger charge is 2.44. The zero-order chi connectivity index (χ0) is 17.7. The highest BCUT2D eigenvalue weighted by Crippen LogP contribution is 2.54. The van der Waals surface area contributed by atoms with E-state index in [9.17, 15) is 0 Å². The van der Waals surface area contributed by atoms with E-state index in [1.165, 1.54) is 70.6 Å². The minimum atomic E-state index is 0.611. The molecule has 0 aromatic heterocycles. The highest BCUT2D eigenvalue weighted by molar-refractivity contribution is 4.94. The molecule has 0 spiro atoms. The van der Waals surface area contributed by atoms with E-state index in [1.54, 1.807) is 0 Å². The molecule has 0 amide bonds. The Morgan fingerprint density at radius 3 is 2.04 bits per heavy atom. The van der Waals surface area contributed by atoms with Crippen LogP contribution in [0.1, 0.15) is 112 Å². The van der Waals surface area contributed by atoms with Gasteiger partial charge >= 0.3 is 0 Å². The average Bonchev–Trinajstić information content (AvgIpc) is 2.68. The number of rotatable bonds is 4. The Hall–Kier alpha value is 0. The molecule has 2 rings (SSSR count). The molecule has 2 fully saturated rings. The minimum Gasteiger partial charge on any atom is -0.0654 e. The molecule has 2 aliphatic rings. The van der Waals surface area contributed by atoms with Crippen molar-refractivity contribution in [3.63, 3.8) is 0 Å². The summed E-state index contributed by atoms with van der Waals surface area (Å²) in [6.07, 6.45) is 16.2. The van der Waals surface area contributed by atoms with E-state index < -0.39 is 0 Å². The summed E-state index contributed by atoms with van der Waals surface area (Å²) < 4.78 is 0. The summed E-state index contributed by atoms with van der Waals surface area (Å²) in [7, 11) is 0. The van der Waals surface area contributed by atoms with Gasteiger partial charge in [-0.3, -0.25) is 0 Å². The van der Waals surface area contributed by atoms with Crippen LogP contribution in [0.25, 0.3) is 0 Å². The summed E-state index contributed by atoms with van der Waals surface area (Å²) >= 11 is 0. The smallest absolute Gasteiger partial charge is 0.0292 e. The second kappa shape index (κ2) is 9.09. The van der Waals surface area contributed by atoms with Gasteiger partial charge in [-0.1, -0.05) is 86.5 Å². The fourth-order valence-corrected chi connectivity index (χ4v) is 6.27. The molecule has 0 saturated heterocycles. The Morgan fingerprint density at radius 1 is 0.792 bits per heavy atom. The molecule has 0 nitrogen and oxygen atoms in total. The maximum atomic E-state index is 2.70. The molecular weight excluding hydrogens is 288 g/mol. The molecule has 0 aliphatic heterocycles. The van der Waals surface area contributed by atoms with Crippen molar-refractivity contribution in [1.29, 1.82) is 0 Å². The third-order valence-electron chi connectivity index (χ3n) is 8.47. The molecule has 0 N–H and O–H groups in total. The predicted octanol–water partition coefficient (Wildman–Crippen LogP) is 8.11. The lowest BCUT2D eigenvalue weighted by Gasteiger charge is -2.44. The maximum absolute atomic E-state index is 2.70. The third kappa shape index (κ3) is 4.79. The lowest BCUT2D eigenvalue weighted by molar-refractivity contribution is 0.0592. The fourth-order valence-electron chi connectivity index (χ4n) is 6.27. The Balaban J connectivity index is 2.28. The Kier molecular flexibility index (Phi) is 7.69. The molecule has 0 heterocycles. The molecule has 4 unspecified atom stereocenters. The zero-order valence-electron chi connectivity index (χ0n) is 17.7. The van der Waals surface area contributed by atoms with Crippen molar-refractivity contribution in [3.05, 3.63) is 0 Å². The van der Waals surface area contributed by atoms with Crippen molar-refractivity contribution in [3.8, 4) is 0 Å². The van der Waals surface area contributed by atoms with E-state index in [0.29, 0.717) is 5.41 Å². The number of hydrogen-bond donors (Lipinski definition) is 0. The van der Waals surface area contributed by atoms with Gasteiger partial charge in [0.15, 0.2) is 0 Å². The van der Waals surface area contributed by atoms with Crippen LogP contribution in [0.3, 0.4) is 0 Å². The molecule has 0 radical (unpaired) electrons. The van der Waals surface area contributed by atoms with Crippen molar-refractivity contribution >= 4 is 0 Å².